The maximum Gasteiger partial charge on any atom is 0.304 e. The number of carboxylic acid groups (broad SMARTS) is 1. The summed E-state index contributed by atoms with van der Waals surface area (Å²) in [7, 11) is 0. The Bertz CT molecular complexity index is 646. The zero-order chi connectivity index (χ0) is 17.7. The smallest absolute Gasteiger partial charge is 0.304 e. The lowest BCUT2D eigenvalue weighted by molar-refractivity contribution is -0.137. The summed E-state index contributed by atoms with van der Waals surface area (Å²) in [5.74, 6) is 6.28. The van der Waals surface area contributed by atoms with Crippen molar-refractivity contribution in [3.8, 4) is 17.6 Å². The first kappa shape index (κ1) is 17.9. The minimum absolute atomic E-state index is 0.0329. The zero-order valence-corrected chi connectivity index (χ0v) is 15.1. The van der Waals surface area contributed by atoms with E-state index in [0.717, 1.165) is 17.9 Å². The van der Waals surface area contributed by atoms with Gasteiger partial charge in [0.15, 0.2) is 0 Å². The molecule has 2 fully saturated rings. The maximum absolute atomic E-state index is 11.0. The molecule has 0 amide bonds. The van der Waals surface area contributed by atoms with Gasteiger partial charge in [0.2, 0.25) is 0 Å². The van der Waals surface area contributed by atoms with E-state index in [-0.39, 0.29) is 12.3 Å². The van der Waals surface area contributed by atoms with Crippen molar-refractivity contribution in [3.63, 3.8) is 0 Å². The summed E-state index contributed by atoms with van der Waals surface area (Å²) in [6, 6.07) is 7.79. The molecule has 0 aliphatic heterocycles. The second kappa shape index (κ2) is 7.95. The van der Waals surface area contributed by atoms with Crippen LogP contribution in [0.1, 0.15) is 69.8 Å². The first-order chi connectivity index (χ1) is 12.1. The van der Waals surface area contributed by atoms with Gasteiger partial charge in [-0.05, 0) is 68.1 Å². The van der Waals surface area contributed by atoms with Gasteiger partial charge in [0, 0.05) is 0 Å². The fourth-order valence-electron chi connectivity index (χ4n) is 4.13. The molecule has 1 spiro atoms. The van der Waals surface area contributed by atoms with Crippen LogP contribution in [-0.4, -0.2) is 17.7 Å². The normalized spacial score (nSPS) is 22.4. The number of benzene rings is 1. The van der Waals surface area contributed by atoms with Crippen LogP contribution in [0.5, 0.6) is 5.75 Å². The van der Waals surface area contributed by atoms with Crippen LogP contribution < -0.4 is 4.74 Å². The SMILES string of the molecule is CC#C[C@@H](CC(=O)O)c1ccc(OCC2CCCCC3(CC3)C2)cc1. The van der Waals surface area contributed by atoms with E-state index >= 15 is 0 Å². The summed E-state index contributed by atoms with van der Waals surface area (Å²) in [6.07, 6.45) is 9.62. The maximum atomic E-state index is 11.0. The topological polar surface area (TPSA) is 46.5 Å². The van der Waals surface area contributed by atoms with Crippen LogP contribution in [-0.2, 0) is 4.79 Å². The molecule has 3 rings (SSSR count). The number of carboxylic acids is 1. The van der Waals surface area contributed by atoms with E-state index < -0.39 is 5.97 Å². The quantitative estimate of drug-likeness (QED) is 0.741. The third-order valence-corrected chi connectivity index (χ3v) is 5.71. The zero-order valence-electron chi connectivity index (χ0n) is 15.1. The molecule has 1 aromatic carbocycles. The molecule has 3 nitrogen and oxygen atoms in total. The molecule has 0 aromatic heterocycles. The van der Waals surface area contributed by atoms with Crippen molar-refractivity contribution in [2.24, 2.45) is 11.3 Å². The molecule has 1 aromatic rings. The molecule has 1 N–H and O–H groups in total. The fraction of sp³-hybridized carbons (Fsp3) is 0.591. The third kappa shape index (κ3) is 5.01. The molecular weight excluding hydrogens is 312 g/mol. The Morgan fingerprint density at radius 3 is 2.68 bits per heavy atom. The summed E-state index contributed by atoms with van der Waals surface area (Å²) >= 11 is 0. The predicted molar refractivity (Wildman–Crippen MR) is 98.6 cm³/mol. The van der Waals surface area contributed by atoms with Gasteiger partial charge in [0.25, 0.3) is 0 Å². The molecule has 2 atom stereocenters. The Balaban J connectivity index is 1.56. The lowest BCUT2D eigenvalue weighted by Gasteiger charge is -2.20. The molecule has 2 aliphatic rings. The van der Waals surface area contributed by atoms with Crippen molar-refractivity contribution in [1.29, 1.82) is 0 Å². The van der Waals surface area contributed by atoms with Gasteiger partial charge in [-0.2, -0.15) is 0 Å². The van der Waals surface area contributed by atoms with Crippen LogP contribution >= 0.6 is 0 Å². The Kier molecular flexibility index (Phi) is 5.68. The Morgan fingerprint density at radius 2 is 2.04 bits per heavy atom. The fourth-order valence-corrected chi connectivity index (χ4v) is 4.13. The molecule has 0 radical (unpaired) electrons. The van der Waals surface area contributed by atoms with E-state index in [0.29, 0.717) is 11.3 Å². The van der Waals surface area contributed by atoms with Crippen molar-refractivity contribution in [2.45, 2.75) is 64.2 Å². The second-order valence-corrected chi connectivity index (χ2v) is 7.74. The van der Waals surface area contributed by atoms with Gasteiger partial charge in [-0.25, -0.2) is 0 Å². The van der Waals surface area contributed by atoms with Gasteiger partial charge < -0.3 is 9.84 Å². The summed E-state index contributed by atoms with van der Waals surface area (Å²) in [5, 5.41) is 9.03. The Labute approximate surface area is 150 Å². The van der Waals surface area contributed by atoms with Crippen LogP contribution in [0.3, 0.4) is 0 Å². The molecule has 134 valence electrons. The summed E-state index contributed by atoms with van der Waals surface area (Å²) in [5.41, 5.74) is 1.60. The van der Waals surface area contributed by atoms with Gasteiger partial charge in [-0.3, -0.25) is 4.79 Å². The van der Waals surface area contributed by atoms with E-state index in [1.807, 2.05) is 24.3 Å². The van der Waals surface area contributed by atoms with E-state index in [1.54, 1.807) is 6.92 Å². The average molecular weight is 340 g/mol. The number of aliphatic carboxylic acids is 1. The molecule has 2 saturated carbocycles. The van der Waals surface area contributed by atoms with Crippen molar-refractivity contribution in [2.75, 3.05) is 6.61 Å². The van der Waals surface area contributed by atoms with Crippen molar-refractivity contribution >= 4 is 5.97 Å². The Morgan fingerprint density at radius 1 is 1.28 bits per heavy atom. The third-order valence-electron chi connectivity index (χ3n) is 5.71. The predicted octanol–water partition coefficient (Wildman–Crippen LogP) is 5.01. The largest absolute Gasteiger partial charge is 0.493 e. The number of hydrogen-bond acceptors (Lipinski definition) is 2. The number of hydrogen-bond donors (Lipinski definition) is 1. The molecule has 2 aliphatic carbocycles. The van der Waals surface area contributed by atoms with Gasteiger partial charge in [0.1, 0.15) is 5.75 Å². The van der Waals surface area contributed by atoms with Gasteiger partial charge in [-0.1, -0.05) is 30.9 Å². The Hall–Kier alpha value is -1.95. The van der Waals surface area contributed by atoms with E-state index in [9.17, 15) is 4.79 Å². The van der Waals surface area contributed by atoms with Crippen LogP contribution in [0, 0.1) is 23.2 Å². The van der Waals surface area contributed by atoms with Crippen LogP contribution in [0.2, 0.25) is 0 Å². The van der Waals surface area contributed by atoms with Gasteiger partial charge >= 0.3 is 5.97 Å². The molecule has 1 unspecified atom stereocenters. The highest BCUT2D eigenvalue weighted by molar-refractivity contribution is 5.69. The van der Waals surface area contributed by atoms with E-state index in [2.05, 4.69) is 11.8 Å². The molecule has 0 saturated heterocycles. The second-order valence-electron chi connectivity index (χ2n) is 7.74. The lowest BCUT2D eigenvalue weighted by atomic mass is 9.91. The molecule has 0 heterocycles. The van der Waals surface area contributed by atoms with Crippen molar-refractivity contribution < 1.29 is 14.6 Å². The minimum Gasteiger partial charge on any atom is -0.493 e. The van der Waals surface area contributed by atoms with Crippen LogP contribution in [0.4, 0.5) is 0 Å². The molecule has 25 heavy (non-hydrogen) atoms. The highest BCUT2D eigenvalue weighted by atomic mass is 16.5. The lowest BCUT2D eigenvalue weighted by Crippen LogP contribution is -2.15. The first-order valence-corrected chi connectivity index (χ1v) is 9.47. The first-order valence-electron chi connectivity index (χ1n) is 9.47. The standard InChI is InChI=1S/C22H28O3/c1-2-5-19(14-21(23)24)18-7-9-20(10-8-18)25-16-17-6-3-4-11-22(15-17)12-13-22/h7-10,17,19H,3-4,6,11-16H2,1H3,(H,23,24)/t17?,19-/m0/s1. The molecule has 3 heteroatoms. The minimum atomic E-state index is -0.824. The van der Waals surface area contributed by atoms with Gasteiger partial charge in [-0.15, -0.1) is 5.92 Å². The number of carbonyl (C=O) groups is 1. The number of ether oxygens (including phenoxy) is 1. The van der Waals surface area contributed by atoms with E-state index in [4.69, 9.17) is 9.84 Å². The van der Waals surface area contributed by atoms with Crippen LogP contribution in [0.15, 0.2) is 24.3 Å². The van der Waals surface area contributed by atoms with Crippen LogP contribution in [0.25, 0.3) is 0 Å². The molecule has 0 bridgehead atoms. The highest BCUT2D eigenvalue weighted by Crippen LogP contribution is 2.56. The van der Waals surface area contributed by atoms with Crippen molar-refractivity contribution in [1.82, 2.24) is 0 Å². The van der Waals surface area contributed by atoms with Gasteiger partial charge in [0.05, 0.1) is 18.9 Å². The monoisotopic (exact) mass is 340 g/mol. The summed E-state index contributed by atoms with van der Waals surface area (Å²) < 4.78 is 6.05. The summed E-state index contributed by atoms with van der Waals surface area (Å²) in [6.45, 7) is 2.54. The number of rotatable bonds is 6. The van der Waals surface area contributed by atoms with E-state index in [1.165, 1.54) is 44.9 Å². The average Bonchev–Trinajstić information content (AvgIpc) is 3.39. The summed E-state index contributed by atoms with van der Waals surface area (Å²) in [4.78, 5) is 11.0. The highest BCUT2D eigenvalue weighted by Gasteiger charge is 2.44. The van der Waals surface area contributed by atoms with Crippen molar-refractivity contribution in [3.05, 3.63) is 29.8 Å². The molecular formula is C22H28O3.